The molecule has 0 amide bonds. The Hall–Kier alpha value is -4.45. The summed E-state index contributed by atoms with van der Waals surface area (Å²) in [5, 5.41) is 0. The highest BCUT2D eigenvalue weighted by Crippen LogP contribution is 2.15. The van der Waals surface area contributed by atoms with Crippen molar-refractivity contribution in [2.75, 3.05) is 13.2 Å². The Labute approximate surface area is 487 Å². The predicted molar refractivity (Wildman–Crippen MR) is 343 cm³/mol. The zero-order chi connectivity index (χ0) is 57.1. The molecular weight excluding hydrogens is 973 g/mol. The van der Waals surface area contributed by atoms with Gasteiger partial charge in [0.1, 0.15) is 13.2 Å². The first kappa shape index (κ1) is 74.5. The van der Waals surface area contributed by atoms with E-state index in [0.29, 0.717) is 19.3 Å². The second-order valence-corrected chi connectivity index (χ2v) is 21.3. The third-order valence-electron chi connectivity index (χ3n) is 13.6. The molecule has 1 atom stereocenters. The molecule has 0 aromatic carbocycles. The van der Waals surface area contributed by atoms with Crippen molar-refractivity contribution in [2.45, 2.75) is 297 Å². The first-order chi connectivity index (χ1) is 39.0. The van der Waals surface area contributed by atoms with Gasteiger partial charge in [0.25, 0.3) is 0 Å². The van der Waals surface area contributed by atoms with Crippen molar-refractivity contribution in [3.63, 3.8) is 0 Å². The second-order valence-electron chi connectivity index (χ2n) is 21.3. The maximum atomic E-state index is 12.9. The number of hydrogen-bond donors (Lipinski definition) is 0. The van der Waals surface area contributed by atoms with Crippen LogP contribution in [0.15, 0.2) is 134 Å². The van der Waals surface area contributed by atoms with Gasteiger partial charge in [-0.25, -0.2) is 0 Å². The number of carbonyl (C=O) groups excluding carboxylic acids is 3. The highest BCUT2D eigenvalue weighted by atomic mass is 16.6. The zero-order valence-electron chi connectivity index (χ0n) is 51.3. The van der Waals surface area contributed by atoms with Crippen LogP contribution in [0.1, 0.15) is 290 Å². The lowest BCUT2D eigenvalue weighted by atomic mass is 10.1. The average molecular weight is 1090 g/mol. The van der Waals surface area contributed by atoms with E-state index in [4.69, 9.17) is 14.2 Å². The highest BCUT2D eigenvalue weighted by Gasteiger charge is 2.19. The minimum Gasteiger partial charge on any atom is -0.462 e. The summed E-state index contributed by atoms with van der Waals surface area (Å²) in [5.41, 5.74) is 0. The van der Waals surface area contributed by atoms with Crippen LogP contribution in [-0.4, -0.2) is 37.2 Å². The second kappa shape index (κ2) is 66.1. The van der Waals surface area contributed by atoms with Crippen molar-refractivity contribution < 1.29 is 28.6 Å². The molecule has 0 aliphatic heterocycles. The molecule has 0 radical (unpaired) electrons. The summed E-state index contributed by atoms with van der Waals surface area (Å²) >= 11 is 0. The molecule has 6 heteroatoms. The number of rotatable bonds is 58. The molecule has 0 fully saturated rings. The summed E-state index contributed by atoms with van der Waals surface area (Å²) < 4.78 is 16.9. The fourth-order valence-electron chi connectivity index (χ4n) is 8.74. The Bertz CT molecular complexity index is 1680. The van der Waals surface area contributed by atoms with Gasteiger partial charge in [-0.1, -0.05) is 276 Å². The Morgan fingerprint density at radius 3 is 0.848 bits per heavy atom. The molecule has 0 N–H and O–H groups in total. The lowest BCUT2D eigenvalue weighted by molar-refractivity contribution is -0.166. The first-order valence-electron chi connectivity index (χ1n) is 32.7. The van der Waals surface area contributed by atoms with E-state index in [0.717, 1.165) is 103 Å². The number of allylic oxidation sites excluding steroid dienone is 22. The Balaban J connectivity index is 4.48. The van der Waals surface area contributed by atoms with Crippen LogP contribution >= 0.6 is 0 Å². The summed E-state index contributed by atoms with van der Waals surface area (Å²) in [6.45, 7) is 6.43. The van der Waals surface area contributed by atoms with Crippen LogP contribution in [-0.2, 0) is 28.6 Å². The van der Waals surface area contributed by atoms with E-state index in [1.807, 2.05) is 6.08 Å². The van der Waals surface area contributed by atoms with E-state index >= 15 is 0 Å². The molecule has 0 saturated heterocycles. The number of unbranched alkanes of at least 4 members (excludes halogenated alkanes) is 25. The minimum absolute atomic E-state index is 0.116. The van der Waals surface area contributed by atoms with Crippen LogP contribution < -0.4 is 0 Å². The number of carbonyl (C=O) groups is 3. The molecule has 1 unspecified atom stereocenters. The van der Waals surface area contributed by atoms with Crippen LogP contribution in [0.25, 0.3) is 0 Å². The maximum absolute atomic E-state index is 12.9. The van der Waals surface area contributed by atoms with Crippen LogP contribution in [0.4, 0.5) is 0 Å². The van der Waals surface area contributed by atoms with Gasteiger partial charge in [0, 0.05) is 19.3 Å². The molecule has 0 saturated carbocycles. The molecule has 0 heterocycles. The summed E-state index contributed by atoms with van der Waals surface area (Å²) in [4.78, 5) is 38.3. The minimum atomic E-state index is -0.830. The van der Waals surface area contributed by atoms with Crippen molar-refractivity contribution >= 4 is 17.9 Å². The standard InChI is InChI=1S/C73H120O6/c1-4-7-10-13-16-19-22-25-28-31-33-34-35-36-37-38-40-42-45-48-51-54-57-60-63-66-72(75)78-69-70(68-77-71(74)65-62-59-56-53-50-47-44-41-30-27-24-21-18-15-12-9-6-3)79-73(76)67-64-61-58-55-52-49-46-43-39-32-29-26-23-20-17-14-11-8-5-2/h8,11,17-18,20-22,25-27,29-31,33,35-36,39,43,49,52,58,61,70H,4-7,9-10,12-16,19,23-24,28,32,34,37-38,40-42,44-48,50-51,53-57,59-60,62-69H2,1-3H3/b11-8-,20-17-,21-18-,25-22-,29-26-,30-27-,33-31-,36-35-,43-39-,52-49-,61-58-. The number of ether oxygens (including phenoxy) is 3. The summed E-state index contributed by atoms with van der Waals surface area (Å²) in [7, 11) is 0. The van der Waals surface area contributed by atoms with E-state index in [9.17, 15) is 14.4 Å². The van der Waals surface area contributed by atoms with Crippen LogP contribution in [0, 0.1) is 0 Å². The predicted octanol–water partition coefficient (Wildman–Crippen LogP) is 22.5. The lowest BCUT2D eigenvalue weighted by Gasteiger charge is -2.18. The maximum Gasteiger partial charge on any atom is 0.306 e. The molecule has 448 valence electrons. The van der Waals surface area contributed by atoms with Crippen LogP contribution in [0.3, 0.4) is 0 Å². The monoisotopic (exact) mass is 1090 g/mol. The van der Waals surface area contributed by atoms with Crippen LogP contribution in [0.5, 0.6) is 0 Å². The molecule has 79 heavy (non-hydrogen) atoms. The average Bonchev–Trinajstić information content (AvgIpc) is 3.45. The van der Waals surface area contributed by atoms with Crippen molar-refractivity contribution in [3.05, 3.63) is 134 Å². The van der Waals surface area contributed by atoms with Gasteiger partial charge in [0.05, 0.1) is 0 Å². The molecular formula is C73H120O6. The van der Waals surface area contributed by atoms with Crippen molar-refractivity contribution in [1.29, 1.82) is 0 Å². The Morgan fingerprint density at radius 2 is 0.519 bits per heavy atom. The molecule has 0 aromatic heterocycles. The van der Waals surface area contributed by atoms with E-state index < -0.39 is 12.1 Å². The third-order valence-corrected chi connectivity index (χ3v) is 13.6. The van der Waals surface area contributed by atoms with Gasteiger partial charge in [-0.3, -0.25) is 14.4 Å². The van der Waals surface area contributed by atoms with Gasteiger partial charge in [0.2, 0.25) is 0 Å². The van der Waals surface area contributed by atoms with Gasteiger partial charge in [0.15, 0.2) is 6.10 Å². The summed E-state index contributed by atoms with van der Waals surface area (Å²) in [5.74, 6) is -1.01. The van der Waals surface area contributed by atoms with Gasteiger partial charge >= 0.3 is 17.9 Å². The topological polar surface area (TPSA) is 78.9 Å². The molecule has 0 rings (SSSR count). The van der Waals surface area contributed by atoms with Crippen molar-refractivity contribution in [1.82, 2.24) is 0 Å². The molecule has 0 aliphatic carbocycles. The summed E-state index contributed by atoms with van der Waals surface area (Å²) in [6.07, 6.45) is 93.2. The normalized spacial score (nSPS) is 13.0. The van der Waals surface area contributed by atoms with E-state index in [1.165, 1.54) is 141 Å². The largest absolute Gasteiger partial charge is 0.462 e. The SMILES string of the molecule is CC/C=C\C/C=C\C/C=C\C/C=C\C/C=C\C/C=C\CCC(=O)OC(COC(=O)CCCCCCCCC/C=C\C/C=C\CCCCC)COC(=O)CCCCCCCCCCCC/C=C\C/C=C\C/C=C\CCCCCCC. The summed E-state index contributed by atoms with van der Waals surface area (Å²) in [6, 6.07) is 0. The van der Waals surface area contributed by atoms with Gasteiger partial charge in [-0.15, -0.1) is 0 Å². The number of esters is 3. The fourth-order valence-corrected chi connectivity index (χ4v) is 8.74. The van der Waals surface area contributed by atoms with E-state index in [2.05, 4.69) is 148 Å². The Kier molecular flexibility index (Phi) is 62.3. The van der Waals surface area contributed by atoms with Gasteiger partial charge in [-0.2, -0.15) is 0 Å². The molecule has 0 aromatic rings. The smallest absolute Gasteiger partial charge is 0.306 e. The van der Waals surface area contributed by atoms with Crippen molar-refractivity contribution in [3.8, 4) is 0 Å². The molecule has 6 nitrogen and oxygen atoms in total. The molecule has 0 bridgehead atoms. The van der Waals surface area contributed by atoms with E-state index in [-0.39, 0.29) is 31.6 Å². The van der Waals surface area contributed by atoms with E-state index in [1.54, 1.807) is 0 Å². The molecule has 0 spiro atoms. The Morgan fingerprint density at radius 1 is 0.266 bits per heavy atom. The first-order valence-corrected chi connectivity index (χ1v) is 32.7. The van der Waals surface area contributed by atoms with Gasteiger partial charge < -0.3 is 14.2 Å². The molecule has 0 aliphatic rings. The van der Waals surface area contributed by atoms with Gasteiger partial charge in [-0.05, 0) is 128 Å². The zero-order valence-corrected chi connectivity index (χ0v) is 51.3. The van der Waals surface area contributed by atoms with Crippen LogP contribution in [0.2, 0.25) is 0 Å². The lowest BCUT2D eigenvalue weighted by Crippen LogP contribution is -2.30. The number of hydrogen-bond acceptors (Lipinski definition) is 6. The third kappa shape index (κ3) is 64.3. The van der Waals surface area contributed by atoms with Crippen molar-refractivity contribution in [2.24, 2.45) is 0 Å². The fraction of sp³-hybridized carbons (Fsp3) is 0.658. The highest BCUT2D eigenvalue weighted by molar-refractivity contribution is 5.71. The quantitative estimate of drug-likeness (QED) is 0.0261.